The second-order valence-corrected chi connectivity index (χ2v) is 4.99. The van der Waals surface area contributed by atoms with Gasteiger partial charge in [-0.05, 0) is 32.6 Å². The Bertz CT molecular complexity index is 333. The van der Waals surface area contributed by atoms with Gasteiger partial charge in [0, 0.05) is 6.61 Å². The first-order chi connectivity index (χ1) is 8.53. The van der Waals surface area contributed by atoms with E-state index in [0.29, 0.717) is 19.4 Å². The second kappa shape index (κ2) is 5.24. The van der Waals surface area contributed by atoms with Gasteiger partial charge in [-0.2, -0.15) is 0 Å². The molecule has 1 aliphatic heterocycles. The van der Waals surface area contributed by atoms with Crippen molar-refractivity contribution in [1.82, 2.24) is 5.32 Å². The van der Waals surface area contributed by atoms with Crippen molar-refractivity contribution < 1.29 is 24.2 Å². The molecule has 0 spiro atoms. The summed E-state index contributed by atoms with van der Waals surface area (Å²) in [6.07, 6.45) is 2.38. The Kier molecular flexibility index (Phi) is 3.87. The highest BCUT2D eigenvalue weighted by atomic mass is 16.5. The summed E-state index contributed by atoms with van der Waals surface area (Å²) in [5.41, 5.74) is -1.04. The lowest BCUT2D eigenvalue weighted by atomic mass is 10.2. The molecule has 1 amide bonds. The molecule has 1 saturated heterocycles. The molecular weight excluding hydrogens is 238 g/mol. The Hall–Kier alpha value is -1.14. The normalized spacial score (nSPS) is 26.6. The van der Waals surface area contributed by atoms with Crippen LogP contribution in [0.4, 0.5) is 0 Å². The van der Waals surface area contributed by atoms with Gasteiger partial charge in [0.15, 0.2) is 0 Å². The molecule has 6 nitrogen and oxygen atoms in total. The van der Waals surface area contributed by atoms with Gasteiger partial charge in [0.1, 0.15) is 11.6 Å². The number of nitrogens with one attached hydrogen (secondary N) is 1. The second-order valence-electron chi connectivity index (χ2n) is 4.99. The first kappa shape index (κ1) is 13.3. The molecule has 18 heavy (non-hydrogen) atoms. The Balaban J connectivity index is 1.73. The van der Waals surface area contributed by atoms with Crippen molar-refractivity contribution in [3.8, 4) is 0 Å². The Morgan fingerprint density at radius 2 is 2.28 bits per heavy atom. The predicted octanol–water partition coefficient (Wildman–Crippen LogP) is 0.304. The van der Waals surface area contributed by atoms with E-state index >= 15 is 0 Å². The Morgan fingerprint density at radius 1 is 1.56 bits per heavy atom. The number of carbonyl (C=O) groups excluding carboxylic acids is 1. The van der Waals surface area contributed by atoms with Crippen LogP contribution in [0.2, 0.25) is 0 Å². The molecule has 2 fully saturated rings. The van der Waals surface area contributed by atoms with Gasteiger partial charge in [-0.3, -0.25) is 4.79 Å². The van der Waals surface area contributed by atoms with E-state index in [-0.39, 0.29) is 12.0 Å². The predicted molar refractivity (Wildman–Crippen MR) is 62.1 cm³/mol. The van der Waals surface area contributed by atoms with Gasteiger partial charge >= 0.3 is 5.97 Å². The van der Waals surface area contributed by atoms with Crippen LogP contribution in [0, 0.1) is 0 Å². The smallest absolute Gasteiger partial charge is 0.329 e. The monoisotopic (exact) mass is 257 g/mol. The highest BCUT2D eigenvalue weighted by molar-refractivity contribution is 5.91. The summed E-state index contributed by atoms with van der Waals surface area (Å²) in [5.74, 6) is -1.34. The fourth-order valence-electron chi connectivity index (χ4n) is 1.96. The molecule has 1 saturated carbocycles. The SMILES string of the molecule is CC(OCC1CCCO1)C(=O)NC1(C(=O)O)CC1. The molecule has 0 aromatic rings. The molecule has 0 bridgehead atoms. The van der Waals surface area contributed by atoms with Gasteiger partial charge in [0.05, 0.1) is 12.7 Å². The topological polar surface area (TPSA) is 84.9 Å². The van der Waals surface area contributed by atoms with Crippen molar-refractivity contribution >= 4 is 11.9 Å². The number of hydrogen-bond donors (Lipinski definition) is 2. The third-order valence-electron chi connectivity index (χ3n) is 3.45. The van der Waals surface area contributed by atoms with Crippen molar-refractivity contribution in [3.05, 3.63) is 0 Å². The number of carboxylic acid groups (broad SMARTS) is 1. The van der Waals surface area contributed by atoms with E-state index in [9.17, 15) is 9.59 Å². The van der Waals surface area contributed by atoms with Gasteiger partial charge in [0.2, 0.25) is 5.91 Å². The van der Waals surface area contributed by atoms with E-state index in [2.05, 4.69) is 5.32 Å². The summed E-state index contributed by atoms with van der Waals surface area (Å²) in [7, 11) is 0. The number of ether oxygens (including phenoxy) is 2. The van der Waals surface area contributed by atoms with E-state index in [1.807, 2.05) is 0 Å². The molecule has 6 heteroatoms. The zero-order valence-electron chi connectivity index (χ0n) is 10.5. The number of amides is 1. The molecule has 2 aliphatic rings. The maximum Gasteiger partial charge on any atom is 0.329 e. The summed E-state index contributed by atoms with van der Waals surface area (Å²) in [4.78, 5) is 22.7. The molecular formula is C12H19NO5. The van der Waals surface area contributed by atoms with Crippen LogP contribution >= 0.6 is 0 Å². The summed E-state index contributed by atoms with van der Waals surface area (Å²) in [6, 6.07) is 0. The molecule has 2 unspecified atom stereocenters. The van der Waals surface area contributed by atoms with Crippen LogP contribution in [0.3, 0.4) is 0 Å². The highest BCUT2D eigenvalue weighted by Crippen LogP contribution is 2.35. The zero-order valence-corrected chi connectivity index (χ0v) is 10.5. The molecule has 2 atom stereocenters. The molecule has 1 aliphatic carbocycles. The average Bonchev–Trinajstić information content (AvgIpc) is 2.93. The standard InChI is InChI=1S/C12H19NO5/c1-8(18-7-9-3-2-6-17-9)10(14)13-12(4-5-12)11(15)16/h8-9H,2-7H2,1H3,(H,13,14)(H,15,16). The number of carboxylic acids is 1. The molecule has 0 aromatic heterocycles. The van der Waals surface area contributed by atoms with Crippen LogP contribution in [-0.4, -0.2) is 47.9 Å². The fourth-order valence-corrected chi connectivity index (χ4v) is 1.96. The van der Waals surface area contributed by atoms with Crippen molar-refractivity contribution in [2.45, 2.75) is 50.4 Å². The van der Waals surface area contributed by atoms with Crippen LogP contribution in [-0.2, 0) is 19.1 Å². The molecule has 0 radical (unpaired) electrons. The minimum absolute atomic E-state index is 0.0645. The van der Waals surface area contributed by atoms with Crippen molar-refractivity contribution in [2.75, 3.05) is 13.2 Å². The Morgan fingerprint density at radius 3 is 2.78 bits per heavy atom. The lowest BCUT2D eigenvalue weighted by Crippen LogP contribution is -2.47. The van der Waals surface area contributed by atoms with E-state index in [1.165, 1.54) is 0 Å². The summed E-state index contributed by atoms with van der Waals surface area (Å²) in [5, 5.41) is 11.5. The van der Waals surface area contributed by atoms with Gasteiger partial charge in [-0.1, -0.05) is 0 Å². The maximum absolute atomic E-state index is 11.8. The van der Waals surface area contributed by atoms with Crippen molar-refractivity contribution in [1.29, 1.82) is 0 Å². The van der Waals surface area contributed by atoms with Crippen LogP contribution in [0.25, 0.3) is 0 Å². The van der Waals surface area contributed by atoms with Crippen molar-refractivity contribution in [2.24, 2.45) is 0 Å². The van der Waals surface area contributed by atoms with Gasteiger partial charge < -0.3 is 19.9 Å². The largest absolute Gasteiger partial charge is 0.480 e. The van der Waals surface area contributed by atoms with Gasteiger partial charge in [-0.15, -0.1) is 0 Å². The van der Waals surface area contributed by atoms with Gasteiger partial charge in [-0.25, -0.2) is 4.79 Å². The molecule has 0 aromatic carbocycles. The Labute approximate surface area is 106 Å². The number of hydrogen-bond acceptors (Lipinski definition) is 4. The van der Waals surface area contributed by atoms with E-state index in [0.717, 1.165) is 19.4 Å². The minimum Gasteiger partial charge on any atom is -0.480 e. The number of rotatable bonds is 6. The molecule has 102 valence electrons. The van der Waals surface area contributed by atoms with E-state index in [4.69, 9.17) is 14.6 Å². The minimum atomic E-state index is -1.04. The average molecular weight is 257 g/mol. The third-order valence-corrected chi connectivity index (χ3v) is 3.45. The zero-order chi connectivity index (χ0) is 13.2. The van der Waals surface area contributed by atoms with Crippen molar-refractivity contribution in [3.63, 3.8) is 0 Å². The van der Waals surface area contributed by atoms with Crippen LogP contribution in [0.15, 0.2) is 0 Å². The van der Waals surface area contributed by atoms with Gasteiger partial charge in [0.25, 0.3) is 0 Å². The number of carbonyl (C=O) groups is 2. The molecule has 2 rings (SSSR count). The quantitative estimate of drug-likeness (QED) is 0.715. The van der Waals surface area contributed by atoms with E-state index in [1.54, 1.807) is 6.92 Å². The first-order valence-corrected chi connectivity index (χ1v) is 6.32. The van der Waals surface area contributed by atoms with E-state index < -0.39 is 17.6 Å². The van der Waals surface area contributed by atoms with Crippen LogP contribution in [0.1, 0.15) is 32.6 Å². The molecule has 2 N–H and O–H groups in total. The lowest BCUT2D eigenvalue weighted by molar-refractivity contribution is -0.146. The maximum atomic E-state index is 11.8. The third kappa shape index (κ3) is 3.00. The molecule has 1 heterocycles. The summed E-state index contributed by atoms with van der Waals surface area (Å²) in [6.45, 7) is 2.76. The highest BCUT2D eigenvalue weighted by Gasteiger charge is 2.52. The lowest BCUT2D eigenvalue weighted by Gasteiger charge is -2.18. The number of aliphatic carboxylic acids is 1. The fraction of sp³-hybridized carbons (Fsp3) is 0.833. The first-order valence-electron chi connectivity index (χ1n) is 6.32. The van der Waals surface area contributed by atoms with Crippen LogP contribution < -0.4 is 5.32 Å². The summed E-state index contributed by atoms with van der Waals surface area (Å²) >= 11 is 0. The summed E-state index contributed by atoms with van der Waals surface area (Å²) < 4.78 is 10.8. The van der Waals surface area contributed by atoms with Crippen LogP contribution in [0.5, 0.6) is 0 Å².